The van der Waals surface area contributed by atoms with Crippen LogP contribution in [-0.4, -0.2) is 36.5 Å². The van der Waals surface area contributed by atoms with E-state index in [2.05, 4.69) is 4.89 Å². The molecule has 0 spiro atoms. The van der Waals surface area contributed by atoms with Crippen molar-refractivity contribution in [1.29, 1.82) is 0 Å². The lowest BCUT2D eigenvalue weighted by Gasteiger charge is -2.21. The molecule has 0 aliphatic rings. The Kier molecular flexibility index (Phi) is 6.40. The molecule has 1 unspecified atom stereocenters. The molecule has 0 aromatic rings. The minimum atomic E-state index is -2.15. The third-order valence-corrected chi connectivity index (χ3v) is 5.48. The molecular formula is C4H15NO4SSi2. The normalized spacial score (nSPS) is 15.8. The van der Waals surface area contributed by atoms with Crippen LogP contribution in [0.5, 0.6) is 0 Å². The van der Waals surface area contributed by atoms with Gasteiger partial charge in [-0.05, 0) is 18.0 Å². The molecule has 0 aliphatic heterocycles. The molecule has 1 atom stereocenters. The topological polar surface area (TPSA) is 62.8 Å². The van der Waals surface area contributed by atoms with Gasteiger partial charge in [0.1, 0.15) is 6.26 Å². The van der Waals surface area contributed by atoms with Crippen LogP contribution >= 0.6 is 0 Å². The molecule has 5 nitrogen and oxygen atoms in total. The van der Waals surface area contributed by atoms with Crippen LogP contribution in [0.25, 0.3) is 0 Å². The van der Waals surface area contributed by atoms with Gasteiger partial charge in [0.25, 0.3) is 10.0 Å². The quantitative estimate of drug-likeness (QED) is 0.366. The largest absolute Gasteiger partial charge is 0.597 e. The summed E-state index contributed by atoms with van der Waals surface area (Å²) in [7, 11) is -1.48. The minimum Gasteiger partial charge on any atom is -0.597 e. The van der Waals surface area contributed by atoms with Gasteiger partial charge in [-0.25, -0.2) is 0 Å². The Morgan fingerprint density at radius 1 is 1.50 bits per heavy atom. The molecule has 12 heavy (non-hydrogen) atoms. The smallest absolute Gasteiger partial charge is 0.349 e. The molecule has 8 heteroatoms. The average molecular weight is 229 g/mol. The van der Waals surface area contributed by atoms with Gasteiger partial charge in [-0.15, -0.1) is 0 Å². The van der Waals surface area contributed by atoms with Gasteiger partial charge >= 0.3 is 8.56 Å². The van der Waals surface area contributed by atoms with E-state index in [-0.39, 0.29) is 0 Å². The average Bonchev–Trinajstić information content (AvgIpc) is 1.98. The Bertz CT molecular complexity index is 126. The van der Waals surface area contributed by atoms with E-state index in [1.54, 1.807) is 7.11 Å². The molecule has 0 bridgehead atoms. The first-order valence-electron chi connectivity index (χ1n) is 3.38. The molecule has 0 aromatic carbocycles. The van der Waals surface area contributed by atoms with Gasteiger partial charge in [0.05, 0.1) is 11.4 Å². The molecule has 74 valence electrons. The standard InChI is InChI=1S/C4H15NO4SSi2/c1-7-11-9-12(3,4)8-5-10(2)6/h5H,11H2,1-4H3. The molecule has 0 aromatic heterocycles. The molecule has 0 heterocycles. The van der Waals surface area contributed by atoms with Crippen molar-refractivity contribution >= 4 is 29.9 Å². The van der Waals surface area contributed by atoms with E-state index in [1.165, 1.54) is 6.26 Å². The van der Waals surface area contributed by atoms with Gasteiger partial charge in [-0.3, -0.25) is 4.53 Å². The second kappa shape index (κ2) is 6.10. The van der Waals surface area contributed by atoms with E-state index in [0.29, 0.717) is 0 Å². The second-order valence-corrected chi connectivity index (χ2v) is 8.64. The fourth-order valence-electron chi connectivity index (χ4n) is 0.389. The third-order valence-electron chi connectivity index (χ3n) is 0.929. The van der Waals surface area contributed by atoms with E-state index in [0.717, 1.165) is 0 Å². The third kappa shape index (κ3) is 7.24. The van der Waals surface area contributed by atoms with Crippen LogP contribution < -0.4 is 4.89 Å². The Morgan fingerprint density at radius 2 is 2.08 bits per heavy atom. The maximum atomic E-state index is 10.6. The van der Waals surface area contributed by atoms with Gasteiger partial charge < -0.3 is 13.1 Å². The summed E-state index contributed by atoms with van der Waals surface area (Å²) >= 11 is -1.16. The van der Waals surface area contributed by atoms with E-state index in [9.17, 15) is 4.55 Å². The van der Waals surface area contributed by atoms with Crippen LogP contribution in [0.3, 0.4) is 0 Å². The fourth-order valence-corrected chi connectivity index (χ4v) is 3.50. The molecule has 0 amide bonds. The molecule has 0 aliphatic carbocycles. The summed E-state index contributed by atoms with van der Waals surface area (Å²) in [5.74, 6) is 0. The summed E-state index contributed by atoms with van der Waals surface area (Å²) in [6.07, 6.45) is 1.50. The molecule has 0 rings (SSSR count). The van der Waals surface area contributed by atoms with Crippen LogP contribution in [0.2, 0.25) is 13.1 Å². The summed E-state index contributed by atoms with van der Waals surface area (Å²) in [4.78, 5) is 2.37. The van der Waals surface area contributed by atoms with E-state index in [1.807, 2.05) is 13.1 Å². The van der Waals surface area contributed by atoms with Crippen molar-refractivity contribution in [2.45, 2.75) is 13.1 Å². The highest BCUT2D eigenvalue weighted by Gasteiger charge is 2.26. The van der Waals surface area contributed by atoms with Crippen molar-refractivity contribution in [2.75, 3.05) is 13.4 Å². The number of nitrogens with one attached hydrogen (secondary N) is 1. The Hall–Kier alpha value is 0.584. The lowest BCUT2D eigenvalue weighted by Crippen LogP contribution is -2.43. The van der Waals surface area contributed by atoms with Gasteiger partial charge in [-0.2, -0.15) is 0 Å². The molecule has 0 saturated heterocycles. The summed E-state index contributed by atoms with van der Waals surface area (Å²) in [6.45, 7) is 3.72. The lowest BCUT2D eigenvalue weighted by atomic mass is 11.8. The predicted molar refractivity (Wildman–Crippen MR) is 52.4 cm³/mol. The van der Waals surface area contributed by atoms with E-state index in [4.69, 9.17) is 13.1 Å². The minimum absolute atomic E-state index is 0.930. The van der Waals surface area contributed by atoms with E-state index >= 15 is 0 Å². The van der Waals surface area contributed by atoms with Gasteiger partial charge in [0, 0.05) is 7.11 Å². The van der Waals surface area contributed by atoms with Gasteiger partial charge in [-0.1, -0.05) is 0 Å². The highest BCUT2D eigenvalue weighted by Crippen LogP contribution is 2.03. The molecule has 0 saturated carbocycles. The van der Waals surface area contributed by atoms with Gasteiger partial charge in [0.15, 0.2) is 0 Å². The molecular weight excluding hydrogens is 214 g/mol. The van der Waals surface area contributed by atoms with Crippen molar-refractivity contribution < 1.29 is 17.6 Å². The molecule has 1 N–H and O–H groups in total. The Labute approximate surface area is 79.4 Å². The molecule has 0 fully saturated rings. The first-order chi connectivity index (χ1) is 5.48. The zero-order valence-corrected chi connectivity index (χ0v) is 11.0. The number of hydrogen-bond acceptors (Lipinski definition) is 5. The van der Waals surface area contributed by atoms with Crippen molar-refractivity contribution in [3.05, 3.63) is 0 Å². The monoisotopic (exact) mass is 229 g/mol. The second-order valence-electron chi connectivity index (χ2n) is 2.59. The van der Waals surface area contributed by atoms with Crippen LogP contribution in [0, 0.1) is 0 Å². The zero-order valence-electron chi connectivity index (χ0n) is 7.75. The molecule has 0 radical (unpaired) electrons. The van der Waals surface area contributed by atoms with Crippen molar-refractivity contribution in [2.24, 2.45) is 0 Å². The zero-order chi connectivity index (χ0) is 9.61. The van der Waals surface area contributed by atoms with Crippen LogP contribution in [0.15, 0.2) is 0 Å². The Balaban J connectivity index is 3.56. The summed E-state index contributed by atoms with van der Waals surface area (Å²) in [5, 5.41) is 0. The van der Waals surface area contributed by atoms with Crippen molar-refractivity contribution in [1.82, 2.24) is 4.89 Å². The van der Waals surface area contributed by atoms with Crippen molar-refractivity contribution in [3.8, 4) is 0 Å². The maximum absolute atomic E-state index is 10.6. The first kappa shape index (κ1) is 12.6. The number of hydrogen-bond donors (Lipinski definition) is 1. The van der Waals surface area contributed by atoms with E-state index < -0.39 is 29.9 Å². The lowest BCUT2D eigenvalue weighted by molar-refractivity contribution is 0.200. The maximum Gasteiger partial charge on any atom is 0.349 e. The highest BCUT2D eigenvalue weighted by atomic mass is 32.2. The van der Waals surface area contributed by atoms with Crippen LogP contribution in [0.4, 0.5) is 0 Å². The van der Waals surface area contributed by atoms with Gasteiger partial charge in [0.2, 0.25) is 0 Å². The SMILES string of the molecule is CO[SiH2]O[Si](C)(C)ON[S+](C)[O-]. The van der Waals surface area contributed by atoms with Crippen molar-refractivity contribution in [3.63, 3.8) is 0 Å². The number of rotatable bonds is 6. The summed E-state index contributed by atoms with van der Waals surface area (Å²) in [6, 6.07) is 0. The fraction of sp³-hybridized carbons (Fsp3) is 1.00. The summed E-state index contributed by atoms with van der Waals surface area (Å²) in [5.41, 5.74) is 0. The Morgan fingerprint density at radius 3 is 2.50 bits per heavy atom. The van der Waals surface area contributed by atoms with Crippen LogP contribution in [0.1, 0.15) is 0 Å². The summed E-state index contributed by atoms with van der Waals surface area (Å²) < 4.78 is 25.9. The van der Waals surface area contributed by atoms with Crippen LogP contribution in [-0.2, 0) is 24.4 Å². The first-order valence-corrected chi connectivity index (χ1v) is 8.91. The predicted octanol–water partition coefficient (Wildman–Crippen LogP) is -0.835. The highest BCUT2D eigenvalue weighted by molar-refractivity contribution is 7.88.